The number of hydrogen-bond donors (Lipinski definition) is 1. The minimum atomic E-state index is -1.16. The van der Waals surface area contributed by atoms with Crippen LogP contribution in [-0.2, 0) is 17.8 Å². The third-order valence-electron chi connectivity index (χ3n) is 5.96. The van der Waals surface area contributed by atoms with Crippen LogP contribution in [-0.4, -0.2) is 64.7 Å². The summed E-state index contributed by atoms with van der Waals surface area (Å²) in [5.74, 6) is 2.45. The van der Waals surface area contributed by atoms with E-state index < -0.39 is 5.60 Å². The van der Waals surface area contributed by atoms with Crippen LogP contribution in [0.5, 0.6) is 11.5 Å². The van der Waals surface area contributed by atoms with Gasteiger partial charge in [-0.3, -0.25) is 4.90 Å². The van der Waals surface area contributed by atoms with Crippen LogP contribution in [0.25, 0.3) is 0 Å². The lowest BCUT2D eigenvalue weighted by Gasteiger charge is -2.30. The van der Waals surface area contributed by atoms with Crippen LogP contribution in [0.3, 0.4) is 0 Å². The molecule has 4 rings (SSSR count). The highest BCUT2D eigenvalue weighted by Crippen LogP contribution is 2.20. The summed E-state index contributed by atoms with van der Waals surface area (Å²) in [4.78, 5) is 6.57. The van der Waals surface area contributed by atoms with Gasteiger partial charge in [0.25, 0.3) is 0 Å². The van der Waals surface area contributed by atoms with E-state index in [0.717, 1.165) is 23.7 Å². The summed E-state index contributed by atoms with van der Waals surface area (Å²) in [5, 5.41) is 11.1. The Morgan fingerprint density at radius 1 is 1.09 bits per heavy atom. The van der Waals surface area contributed by atoms with Crippen molar-refractivity contribution in [3.63, 3.8) is 0 Å². The molecule has 0 radical (unpaired) electrons. The van der Waals surface area contributed by atoms with Crippen LogP contribution < -0.4 is 9.47 Å². The highest BCUT2D eigenvalue weighted by molar-refractivity contribution is 5.27. The summed E-state index contributed by atoms with van der Waals surface area (Å²) in [6.07, 6.45) is 3.81. The van der Waals surface area contributed by atoms with Crippen molar-refractivity contribution in [3.8, 4) is 11.5 Å². The van der Waals surface area contributed by atoms with Gasteiger partial charge in [0.1, 0.15) is 42.0 Å². The largest absolute Gasteiger partial charge is 0.492 e. The lowest BCUT2D eigenvalue weighted by molar-refractivity contribution is -0.0646. The summed E-state index contributed by atoms with van der Waals surface area (Å²) >= 11 is 0. The summed E-state index contributed by atoms with van der Waals surface area (Å²) in [6, 6.07) is 13.8. The van der Waals surface area contributed by atoms with E-state index in [9.17, 15) is 9.50 Å². The van der Waals surface area contributed by atoms with Crippen LogP contribution in [0, 0.1) is 5.82 Å². The molecule has 1 aliphatic rings. The van der Waals surface area contributed by atoms with Gasteiger partial charge in [0.05, 0.1) is 19.8 Å². The number of aromatic nitrogens is 2. The van der Waals surface area contributed by atoms with Crippen LogP contribution in [0.1, 0.15) is 31.2 Å². The Kier molecular flexibility index (Phi) is 8.38. The predicted molar refractivity (Wildman–Crippen MR) is 131 cm³/mol. The number of imidazole rings is 1. The molecule has 0 aliphatic carbocycles. The Hall–Kier alpha value is -2.94. The van der Waals surface area contributed by atoms with Gasteiger partial charge in [-0.25, -0.2) is 9.37 Å². The van der Waals surface area contributed by atoms with Crippen LogP contribution in [0.15, 0.2) is 60.9 Å². The topological polar surface area (TPSA) is 69.0 Å². The Labute approximate surface area is 206 Å². The van der Waals surface area contributed by atoms with E-state index in [-0.39, 0.29) is 19.0 Å². The van der Waals surface area contributed by atoms with Gasteiger partial charge < -0.3 is 23.9 Å². The Morgan fingerprint density at radius 2 is 1.80 bits per heavy atom. The third kappa shape index (κ3) is 7.27. The molecule has 188 valence electrons. The third-order valence-corrected chi connectivity index (χ3v) is 5.96. The molecule has 1 aromatic heterocycles. The summed E-state index contributed by atoms with van der Waals surface area (Å²) in [7, 11) is 0. The molecule has 35 heavy (non-hydrogen) atoms. The molecule has 1 N–H and O–H groups in total. The molecule has 1 aliphatic heterocycles. The predicted octanol–water partition coefficient (Wildman–Crippen LogP) is 3.87. The number of halogens is 1. The lowest BCUT2D eigenvalue weighted by atomic mass is 10.1. The van der Waals surface area contributed by atoms with Crippen LogP contribution in [0.4, 0.5) is 4.39 Å². The SMILES string of the molecule is CC(C)c1nccn1CCOc1ccc(CN2CCOCC(O)(COc3ccc(F)cc3)C2)cc1. The monoisotopic (exact) mass is 483 g/mol. The molecule has 1 atom stereocenters. The summed E-state index contributed by atoms with van der Waals surface area (Å²) in [6.45, 7) is 8.17. The smallest absolute Gasteiger partial charge is 0.134 e. The number of benzene rings is 2. The quantitative estimate of drug-likeness (QED) is 0.472. The van der Waals surface area contributed by atoms with E-state index in [1.165, 1.54) is 12.1 Å². The number of nitrogens with zero attached hydrogens (tertiary/aromatic N) is 3. The van der Waals surface area contributed by atoms with Crippen LogP contribution in [0.2, 0.25) is 0 Å². The fourth-order valence-electron chi connectivity index (χ4n) is 4.19. The first-order valence-electron chi connectivity index (χ1n) is 12.0. The van der Waals surface area contributed by atoms with Crippen molar-refractivity contribution in [1.29, 1.82) is 0 Å². The van der Waals surface area contributed by atoms with E-state index in [1.54, 1.807) is 12.1 Å². The number of rotatable bonds is 10. The van der Waals surface area contributed by atoms with Crippen molar-refractivity contribution in [1.82, 2.24) is 14.5 Å². The Morgan fingerprint density at radius 3 is 2.54 bits per heavy atom. The molecule has 1 unspecified atom stereocenters. The van der Waals surface area contributed by atoms with E-state index in [2.05, 4.69) is 28.3 Å². The Balaban J connectivity index is 1.27. The fourth-order valence-corrected chi connectivity index (χ4v) is 4.19. The highest BCUT2D eigenvalue weighted by atomic mass is 19.1. The van der Waals surface area contributed by atoms with Crippen molar-refractivity contribution in [2.75, 3.05) is 39.5 Å². The van der Waals surface area contributed by atoms with Gasteiger partial charge in [-0.1, -0.05) is 26.0 Å². The second kappa shape index (κ2) is 11.7. The number of ether oxygens (including phenoxy) is 3. The zero-order chi connectivity index (χ0) is 24.7. The van der Waals surface area contributed by atoms with Gasteiger partial charge in [0.2, 0.25) is 0 Å². The van der Waals surface area contributed by atoms with Crippen LogP contribution >= 0.6 is 0 Å². The number of β-amino-alcohol motifs (C(OH)–C–C–N with tert-alkyl or cyclic N) is 1. The fraction of sp³-hybridized carbons (Fsp3) is 0.444. The van der Waals surface area contributed by atoms with Crippen molar-refractivity contribution >= 4 is 0 Å². The molecule has 0 amide bonds. The molecule has 8 heteroatoms. The maximum atomic E-state index is 13.1. The zero-order valence-corrected chi connectivity index (χ0v) is 20.4. The van der Waals surface area contributed by atoms with Gasteiger partial charge in [-0.2, -0.15) is 0 Å². The van der Waals surface area contributed by atoms with Gasteiger partial charge in [0.15, 0.2) is 0 Å². The van der Waals surface area contributed by atoms with Gasteiger partial charge in [-0.15, -0.1) is 0 Å². The average molecular weight is 484 g/mol. The van der Waals surface area contributed by atoms with Crippen molar-refractivity contribution in [3.05, 3.63) is 78.1 Å². The van der Waals surface area contributed by atoms with Crippen molar-refractivity contribution in [2.24, 2.45) is 0 Å². The van der Waals surface area contributed by atoms with E-state index in [1.807, 2.05) is 36.7 Å². The molecule has 0 saturated carbocycles. The average Bonchev–Trinajstić information content (AvgIpc) is 3.24. The summed E-state index contributed by atoms with van der Waals surface area (Å²) < 4.78 is 32.5. The van der Waals surface area contributed by atoms with Gasteiger partial charge in [-0.05, 0) is 42.0 Å². The molecule has 1 saturated heterocycles. The second-order valence-electron chi connectivity index (χ2n) is 9.36. The molecule has 0 spiro atoms. The van der Waals surface area contributed by atoms with Gasteiger partial charge >= 0.3 is 0 Å². The van der Waals surface area contributed by atoms with Gasteiger partial charge in [0, 0.05) is 37.9 Å². The number of aliphatic hydroxyl groups is 1. The maximum absolute atomic E-state index is 13.1. The summed E-state index contributed by atoms with van der Waals surface area (Å²) in [5.41, 5.74) is -0.0337. The molecule has 3 aromatic rings. The molecule has 2 aromatic carbocycles. The highest BCUT2D eigenvalue weighted by Gasteiger charge is 2.33. The van der Waals surface area contributed by atoms with E-state index in [4.69, 9.17) is 14.2 Å². The normalized spacial score (nSPS) is 19.0. The zero-order valence-electron chi connectivity index (χ0n) is 20.4. The second-order valence-corrected chi connectivity index (χ2v) is 9.36. The molecular formula is C27H34FN3O4. The maximum Gasteiger partial charge on any atom is 0.134 e. The number of hydrogen-bond acceptors (Lipinski definition) is 6. The molecule has 1 fully saturated rings. The first-order chi connectivity index (χ1) is 16.9. The lowest BCUT2D eigenvalue weighted by Crippen LogP contribution is -2.48. The first-order valence-corrected chi connectivity index (χ1v) is 12.0. The standard InChI is InChI=1S/C27H34FN3O4/c1-21(2)26-29-11-12-31(26)14-16-34-24-7-3-22(4-8-24)17-30-13-15-33-19-27(32,18-30)20-35-25-9-5-23(28)6-10-25/h3-12,21,32H,13-20H2,1-2H3. The molecule has 0 bridgehead atoms. The molecule has 7 nitrogen and oxygen atoms in total. The minimum absolute atomic E-state index is 0.0668. The van der Waals surface area contributed by atoms with E-state index >= 15 is 0 Å². The Bertz CT molecular complexity index is 1060. The van der Waals surface area contributed by atoms with Crippen molar-refractivity contribution < 1.29 is 23.7 Å². The van der Waals surface area contributed by atoms with E-state index in [0.29, 0.717) is 44.5 Å². The molecular weight excluding hydrogens is 449 g/mol. The minimum Gasteiger partial charge on any atom is -0.492 e. The first kappa shape index (κ1) is 25.2. The van der Waals surface area contributed by atoms with Crippen molar-refractivity contribution in [2.45, 2.75) is 38.5 Å². The molecule has 2 heterocycles.